The second-order valence-electron chi connectivity index (χ2n) is 7.60. The molecule has 3 rings (SSSR count). The molecule has 0 bridgehead atoms. The molecule has 1 aliphatic carbocycles. The summed E-state index contributed by atoms with van der Waals surface area (Å²) in [5, 5.41) is 5.46. The number of para-hydroxylation sites is 2. The smallest absolute Gasteiger partial charge is 0.325 e. The van der Waals surface area contributed by atoms with Crippen LogP contribution in [0.1, 0.15) is 45.4 Å². The van der Waals surface area contributed by atoms with Gasteiger partial charge < -0.3 is 20.1 Å². The summed E-state index contributed by atoms with van der Waals surface area (Å²) in [4.78, 5) is 50.2. The summed E-state index contributed by atoms with van der Waals surface area (Å²) < 4.78 is 10.3. The molecular weight excluding hydrogens is 390 g/mol. The quantitative estimate of drug-likeness (QED) is 0.495. The number of methoxy groups -OCH3 is 1. The zero-order valence-corrected chi connectivity index (χ0v) is 17.2. The normalized spacial score (nSPS) is 18.3. The van der Waals surface area contributed by atoms with Crippen LogP contribution in [0, 0.1) is 0 Å². The number of esters is 1. The van der Waals surface area contributed by atoms with Gasteiger partial charge in [0.25, 0.3) is 11.8 Å². The van der Waals surface area contributed by atoms with Gasteiger partial charge in [-0.2, -0.15) is 0 Å². The van der Waals surface area contributed by atoms with Crippen molar-refractivity contribution in [2.24, 2.45) is 0 Å². The number of nitrogens with zero attached hydrogens (tertiary/aromatic N) is 1. The first kappa shape index (κ1) is 21.6. The Morgan fingerprint density at radius 3 is 2.63 bits per heavy atom. The number of benzene rings is 1. The van der Waals surface area contributed by atoms with E-state index in [1.54, 1.807) is 24.3 Å². The number of nitrogens with one attached hydrogen (secondary N) is 2. The molecule has 1 aromatic carbocycles. The molecule has 30 heavy (non-hydrogen) atoms. The van der Waals surface area contributed by atoms with Crippen LogP contribution in [0.25, 0.3) is 0 Å². The first-order chi connectivity index (χ1) is 14.4. The van der Waals surface area contributed by atoms with Crippen molar-refractivity contribution in [2.45, 2.75) is 57.1 Å². The summed E-state index contributed by atoms with van der Waals surface area (Å²) in [5.74, 6) is -0.758. The number of amides is 4. The molecule has 1 saturated heterocycles. The molecule has 0 unspecified atom stereocenters. The minimum absolute atomic E-state index is 0.00363. The Morgan fingerprint density at radius 2 is 1.93 bits per heavy atom. The van der Waals surface area contributed by atoms with Gasteiger partial charge in [-0.1, -0.05) is 25.0 Å². The number of anilines is 1. The number of hydrogen-bond acceptors (Lipinski definition) is 6. The van der Waals surface area contributed by atoms with Crippen LogP contribution < -0.4 is 15.4 Å². The Morgan fingerprint density at radius 1 is 1.23 bits per heavy atom. The number of rotatable bonds is 8. The fourth-order valence-corrected chi connectivity index (χ4v) is 3.87. The molecular formula is C21H27N3O6. The lowest BCUT2D eigenvalue weighted by atomic mass is 9.98. The van der Waals surface area contributed by atoms with Crippen molar-refractivity contribution in [2.75, 3.05) is 19.0 Å². The van der Waals surface area contributed by atoms with Crippen LogP contribution in [0.3, 0.4) is 0 Å². The van der Waals surface area contributed by atoms with Crippen LogP contribution in [0.15, 0.2) is 24.3 Å². The maximum absolute atomic E-state index is 12.6. The Bertz CT molecular complexity index is 834. The van der Waals surface area contributed by atoms with Crippen LogP contribution in [0.2, 0.25) is 0 Å². The monoisotopic (exact) mass is 417 g/mol. The van der Waals surface area contributed by atoms with E-state index in [9.17, 15) is 19.2 Å². The molecule has 4 amide bonds. The van der Waals surface area contributed by atoms with Crippen LogP contribution in [0.5, 0.6) is 5.75 Å². The summed E-state index contributed by atoms with van der Waals surface area (Å²) in [7, 11) is 1.49. The predicted molar refractivity (Wildman–Crippen MR) is 108 cm³/mol. The fraction of sp³-hybridized carbons (Fsp3) is 0.524. The molecule has 2 fully saturated rings. The minimum atomic E-state index is -0.999. The van der Waals surface area contributed by atoms with Crippen LogP contribution in [-0.4, -0.2) is 54.0 Å². The summed E-state index contributed by atoms with van der Waals surface area (Å²) in [6, 6.07) is 6.51. The van der Waals surface area contributed by atoms with E-state index in [4.69, 9.17) is 9.47 Å². The van der Waals surface area contributed by atoms with Gasteiger partial charge in [-0.05, 0) is 38.3 Å². The van der Waals surface area contributed by atoms with Crippen molar-refractivity contribution in [3.63, 3.8) is 0 Å². The molecule has 2 N–H and O–H groups in total. The number of imide groups is 1. The van der Waals surface area contributed by atoms with Crippen molar-refractivity contribution in [1.29, 1.82) is 0 Å². The summed E-state index contributed by atoms with van der Waals surface area (Å²) >= 11 is 0. The lowest BCUT2D eigenvalue weighted by Crippen LogP contribution is -2.44. The molecule has 1 heterocycles. The van der Waals surface area contributed by atoms with E-state index in [1.165, 1.54) is 18.9 Å². The third kappa shape index (κ3) is 4.55. The van der Waals surface area contributed by atoms with Crippen LogP contribution >= 0.6 is 0 Å². The van der Waals surface area contributed by atoms with Crippen LogP contribution in [-0.2, 0) is 19.1 Å². The standard InChI is InChI=1S/C21H27N3O6/c1-14(18(26)22-15-8-3-4-9-16(15)29-2)30-17(25)10-7-13-24-19(27)21(23-20(24)28)11-5-6-12-21/h3-4,8-9,14H,5-7,10-13H2,1-2H3,(H,22,26)(H,23,28)/t14-/m1/s1. The van der Waals surface area contributed by atoms with Gasteiger partial charge in [-0.15, -0.1) is 0 Å². The molecule has 1 saturated carbocycles. The largest absolute Gasteiger partial charge is 0.495 e. The SMILES string of the molecule is COc1ccccc1NC(=O)[C@@H](C)OC(=O)CCCN1C(=O)NC2(CCCC2)C1=O. The van der Waals surface area contributed by atoms with Crippen LogP contribution in [0.4, 0.5) is 10.5 Å². The zero-order chi connectivity index (χ0) is 21.7. The maximum Gasteiger partial charge on any atom is 0.325 e. The molecule has 1 atom stereocenters. The van der Waals surface area contributed by atoms with E-state index in [1.807, 2.05) is 0 Å². The van der Waals surface area contributed by atoms with Gasteiger partial charge >= 0.3 is 12.0 Å². The Hall–Kier alpha value is -3.10. The summed E-state index contributed by atoms with van der Waals surface area (Å²) in [6.07, 6.45) is 2.43. The highest BCUT2D eigenvalue weighted by molar-refractivity contribution is 6.07. The number of carbonyl (C=O) groups excluding carboxylic acids is 4. The van der Waals surface area contributed by atoms with Crippen molar-refractivity contribution in [3.8, 4) is 5.75 Å². The van der Waals surface area contributed by atoms with E-state index in [-0.39, 0.29) is 25.3 Å². The van der Waals surface area contributed by atoms with E-state index < -0.39 is 29.6 Å². The first-order valence-corrected chi connectivity index (χ1v) is 10.1. The zero-order valence-electron chi connectivity index (χ0n) is 17.2. The van der Waals surface area contributed by atoms with Gasteiger partial charge in [0.1, 0.15) is 11.3 Å². The third-order valence-corrected chi connectivity index (χ3v) is 5.51. The second-order valence-corrected chi connectivity index (χ2v) is 7.60. The van der Waals surface area contributed by atoms with E-state index in [0.717, 1.165) is 12.8 Å². The highest BCUT2D eigenvalue weighted by atomic mass is 16.5. The number of ether oxygens (including phenoxy) is 2. The molecule has 1 aromatic rings. The molecule has 0 aromatic heterocycles. The van der Waals surface area contributed by atoms with E-state index in [0.29, 0.717) is 24.3 Å². The molecule has 0 radical (unpaired) electrons. The van der Waals surface area contributed by atoms with Gasteiger partial charge in [0.2, 0.25) is 0 Å². The van der Waals surface area contributed by atoms with Gasteiger partial charge in [0.05, 0.1) is 12.8 Å². The van der Waals surface area contributed by atoms with Crippen molar-refractivity contribution >= 4 is 29.5 Å². The molecule has 9 nitrogen and oxygen atoms in total. The molecule has 1 spiro atoms. The molecule has 2 aliphatic rings. The first-order valence-electron chi connectivity index (χ1n) is 10.1. The number of carbonyl (C=O) groups is 4. The maximum atomic E-state index is 12.6. The fourth-order valence-electron chi connectivity index (χ4n) is 3.87. The summed E-state index contributed by atoms with van der Waals surface area (Å²) in [6.45, 7) is 1.62. The Labute approximate surface area is 175 Å². The number of hydrogen-bond donors (Lipinski definition) is 2. The minimum Gasteiger partial charge on any atom is -0.495 e. The topological polar surface area (TPSA) is 114 Å². The molecule has 162 valence electrons. The van der Waals surface area contributed by atoms with Gasteiger partial charge in [0, 0.05) is 13.0 Å². The van der Waals surface area contributed by atoms with Crippen molar-refractivity contribution in [3.05, 3.63) is 24.3 Å². The highest BCUT2D eigenvalue weighted by Gasteiger charge is 2.52. The Balaban J connectivity index is 1.43. The third-order valence-electron chi connectivity index (χ3n) is 5.51. The molecule has 9 heteroatoms. The van der Waals surface area contributed by atoms with Crippen molar-refractivity contribution < 1.29 is 28.7 Å². The highest BCUT2D eigenvalue weighted by Crippen LogP contribution is 2.35. The van der Waals surface area contributed by atoms with Crippen molar-refractivity contribution in [1.82, 2.24) is 10.2 Å². The Kier molecular flexibility index (Phi) is 6.59. The lowest BCUT2D eigenvalue weighted by Gasteiger charge is -2.20. The number of urea groups is 1. The second kappa shape index (κ2) is 9.15. The average molecular weight is 417 g/mol. The van der Waals surface area contributed by atoms with Gasteiger partial charge in [-0.3, -0.25) is 19.3 Å². The lowest BCUT2D eigenvalue weighted by molar-refractivity contribution is -0.153. The molecule has 1 aliphatic heterocycles. The average Bonchev–Trinajstić information content (AvgIpc) is 3.28. The van der Waals surface area contributed by atoms with E-state index in [2.05, 4.69) is 10.6 Å². The van der Waals surface area contributed by atoms with Gasteiger partial charge in [-0.25, -0.2) is 4.79 Å². The summed E-state index contributed by atoms with van der Waals surface area (Å²) in [5.41, 5.74) is -0.268. The van der Waals surface area contributed by atoms with Gasteiger partial charge in [0.15, 0.2) is 6.10 Å². The predicted octanol–water partition coefficient (Wildman–Crippen LogP) is 2.21. The van der Waals surface area contributed by atoms with E-state index >= 15 is 0 Å².